The lowest BCUT2D eigenvalue weighted by Gasteiger charge is -2.15. The number of hydrogen-bond acceptors (Lipinski definition) is 4. The summed E-state index contributed by atoms with van der Waals surface area (Å²) in [4.78, 5) is 13.0. The highest BCUT2D eigenvalue weighted by Crippen LogP contribution is 2.33. The number of nitrogens with one attached hydrogen (secondary N) is 1. The molecule has 0 radical (unpaired) electrons. The van der Waals surface area contributed by atoms with Gasteiger partial charge in [-0.05, 0) is 29.8 Å². The smallest absolute Gasteiger partial charge is 0.285 e. The van der Waals surface area contributed by atoms with E-state index in [1.165, 1.54) is 4.68 Å². The highest BCUT2D eigenvalue weighted by Gasteiger charge is 2.20. The minimum Gasteiger partial charge on any atom is -0.313 e. The van der Waals surface area contributed by atoms with Crippen LogP contribution < -0.4 is 10.9 Å². The van der Waals surface area contributed by atoms with Crippen LogP contribution >= 0.6 is 35.6 Å². The Kier molecular flexibility index (Phi) is 8.45. The lowest BCUT2D eigenvalue weighted by molar-refractivity contribution is 0.501. The molecule has 0 bridgehead atoms. The number of hydrogen-bond donors (Lipinski definition) is 1. The average molecular weight is 464 g/mol. The van der Waals surface area contributed by atoms with Crippen molar-refractivity contribution in [3.05, 3.63) is 74.5 Å². The third-order valence-electron chi connectivity index (χ3n) is 4.39. The van der Waals surface area contributed by atoms with Gasteiger partial charge in [-0.15, -0.1) is 12.4 Å². The highest BCUT2D eigenvalue weighted by atomic mass is 35.5. The molecule has 30 heavy (non-hydrogen) atoms. The van der Waals surface area contributed by atoms with Crippen LogP contribution in [0, 0.1) is 11.3 Å². The molecule has 156 valence electrons. The van der Waals surface area contributed by atoms with Gasteiger partial charge < -0.3 is 5.32 Å². The first kappa shape index (κ1) is 23.9. The second-order valence-corrected chi connectivity index (χ2v) is 7.73. The second kappa shape index (κ2) is 10.6. The van der Waals surface area contributed by atoms with Crippen molar-refractivity contribution in [1.29, 1.82) is 5.26 Å². The summed E-state index contributed by atoms with van der Waals surface area (Å²) in [5, 5.41) is 18.9. The molecule has 1 aromatic heterocycles. The van der Waals surface area contributed by atoms with Crippen molar-refractivity contribution < 1.29 is 0 Å². The summed E-state index contributed by atoms with van der Waals surface area (Å²) in [5.41, 5.74) is 2.14. The minimum atomic E-state index is -0.416. The Morgan fingerprint density at radius 3 is 2.07 bits per heavy atom. The van der Waals surface area contributed by atoms with E-state index in [4.69, 9.17) is 23.2 Å². The maximum Gasteiger partial charge on any atom is 0.285 e. The van der Waals surface area contributed by atoms with Crippen molar-refractivity contribution >= 4 is 35.6 Å². The fourth-order valence-electron chi connectivity index (χ4n) is 2.99. The molecule has 0 saturated heterocycles. The van der Waals surface area contributed by atoms with Crippen molar-refractivity contribution in [1.82, 2.24) is 15.1 Å². The Hall–Kier alpha value is -2.36. The van der Waals surface area contributed by atoms with Crippen molar-refractivity contribution in [3.8, 4) is 28.5 Å². The molecule has 1 heterocycles. The monoisotopic (exact) mass is 462 g/mol. The molecule has 1 N–H and O–H groups in total. The molecule has 3 rings (SSSR count). The quantitative estimate of drug-likeness (QED) is 0.547. The van der Waals surface area contributed by atoms with E-state index in [2.05, 4.69) is 16.5 Å². The van der Waals surface area contributed by atoms with E-state index >= 15 is 0 Å². The van der Waals surface area contributed by atoms with Gasteiger partial charge in [-0.1, -0.05) is 61.3 Å². The molecule has 0 spiro atoms. The number of aromatic nitrogens is 2. The molecule has 0 aliphatic rings. The molecule has 0 saturated carbocycles. The standard InChI is InChI=1S/C22H20Cl2N4O.ClH/c1-14(2)26-11-12-28-22(29)19(13-25)20(15-3-7-17(23)8-4-15)21(27-28)16-5-9-18(24)10-6-16;/h3-10,14,26H,11-12H2,1-2H3;1H. The Morgan fingerprint density at radius 1 is 1.03 bits per heavy atom. The maximum atomic E-state index is 13.0. The normalized spacial score (nSPS) is 10.5. The van der Waals surface area contributed by atoms with E-state index in [1.807, 2.05) is 26.0 Å². The van der Waals surface area contributed by atoms with E-state index < -0.39 is 5.56 Å². The van der Waals surface area contributed by atoms with E-state index in [1.54, 1.807) is 36.4 Å². The van der Waals surface area contributed by atoms with Crippen LogP contribution in [0.4, 0.5) is 0 Å². The molecular weight excluding hydrogens is 443 g/mol. The van der Waals surface area contributed by atoms with Gasteiger partial charge in [0.25, 0.3) is 5.56 Å². The van der Waals surface area contributed by atoms with Crippen molar-refractivity contribution in [3.63, 3.8) is 0 Å². The van der Waals surface area contributed by atoms with E-state index in [0.717, 1.165) is 5.56 Å². The third kappa shape index (κ3) is 5.41. The lowest BCUT2D eigenvalue weighted by Crippen LogP contribution is -2.33. The topological polar surface area (TPSA) is 70.7 Å². The Labute approximate surface area is 191 Å². The van der Waals surface area contributed by atoms with E-state index in [0.29, 0.717) is 40.0 Å². The highest BCUT2D eigenvalue weighted by molar-refractivity contribution is 6.31. The molecule has 0 aliphatic heterocycles. The van der Waals surface area contributed by atoms with Crippen molar-refractivity contribution in [2.24, 2.45) is 0 Å². The molecule has 5 nitrogen and oxygen atoms in total. The van der Waals surface area contributed by atoms with Crippen LogP contribution in [0.5, 0.6) is 0 Å². The zero-order chi connectivity index (χ0) is 21.0. The van der Waals surface area contributed by atoms with Crippen LogP contribution in [-0.4, -0.2) is 22.4 Å². The zero-order valence-corrected chi connectivity index (χ0v) is 18.9. The Bertz CT molecular complexity index is 1100. The molecule has 0 amide bonds. The van der Waals surface area contributed by atoms with Crippen LogP contribution in [-0.2, 0) is 6.54 Å². The molecular formula is C22H21Cl3N4O. The molecule has 2 aromatic carbocycles. The maximum absolute atomic E-state index is 13.0. The summed E-state index contributed by atoms with van der Waals surface area (Å²) in [6, 6.07) is 16.5. The van der Waals surface area contributed by atoms with Crippen LogP contribution in [0.2, 0.25) is 10.0 Å². The van der Waals surface area contributed by atoms with Crippen molar-refractivity contribution in [2.45, 2.75) is 26.4 Å². The summed E-state index contributed by atoms with van der Waals surface area (Å²) in [5.74, 6) is 0. The van der Waals surface area contributed by atoms with Gasteiger partial charge in [0.05, 0.1) is 6.54 Å². The van der Waals surface area contributed by atoms with Crippen LogP contribution in [0.3, 0.4) is 0 Å². The van der Waals surface area contributed by atoms with E-state index in [9.17, 15) is 10.1 Å². The average Bonchev–Trinajstić information content (AvgIpc) is 2.70. The van der Waals surface area contributed by atoms with Crippen LogP contribution in [0.25, 0.3) is 22.4 Å². The largest absolute Gasteiger partial charge is 0.313 e. The summed E-state index contributed by atoms with van der Waals surface area (Å²) in [7, 11) is 0. The number of benzene rings is 2. The third-order valence-corrected chi connectivity index (χ3v) is 4.90. The fourth-order valence-corrected chi connectivity index (χ4v) is 3.24. The summed E-state index contributed by atoms with van der Waals surface area (Å²) < 4.78 is 1.34. The number of halogens is 3. The molecule has 3 aromatic rings. The van der Waals surface area contributed by atoms with Gasteiger partial charge in [-0.25, -0.2) is 4.68 Å². The van der Waals surface area contributed by atoms with E-state index in [-0.39, 0.29) is 24.0 Å². The van der Waals surface area contributed by atoms with Gasteiger partial charge in [-0.3, -0.25) is 4.79 Å². The molecule has 0 fully saturated rings. The van der Waals surface area contributed by atoms with Gasteiger partial charge in [0, 0.05) is 33.8 Å². The first-order valence-corrected chi connectivity index (χ1v) is 9.96. The zero-order valence-electron chi connectivity index (χ0n) is 16.5. The second-order valence-electron chi connectivity index (χ2n) is 6.86. The number of nitrogens with zero attached hydrogens (tertiary/aromatic N) is 3. The minimum absolute atomic E-state index is 0. The predicted molar refractivity (Wildman–Crippen MR) is 124 cm³/mol. The predicted octanol–water partition coefficient (Wildman–Crippen LogP) is 5.18. The summed E-state index contributed by atoms with van der Waals surface area (Å²) in [6.07, 6.45) is 0. The number of rotatable bonds is 6. The van der Waals surface area contributed by atoms with Gasteiger partial charge in [0.15, 0.2) is 0 Å². The Morgan fingerprint density at radius 2 is 1.57 bits per heavy atom. The van der Waals surface area contributed by atoms with Gasteiger partial charge in [0.1, 0.15) is 17.3 Å². The van der Waals surface area contributed by atoms with Crippen LogP contribution in [0.1, 0.15) is 19.4 Å². The fraction of sp³-hybridized carbons (Fsp3) is 0.227. The lowest BCUT2D eigenvalue weighted by atomic mass is 9.96. The molecule has 0 unspecified atom stereocenters. The SMILES string of the molecule is CC(C)NCCn1nc(-c2ccc(Cl)cc2)c(-c2ccc(Cl)cc2)c(C#N)c1=O.Cl. The molecule has 0 atom stereocenters. The molecule has 0 aliphatic carbocycles. The first-order chi connectivity index (χ1) is 13.9. The number of nitriles is 1. The first-order valence-electron chi connectivity index (χ1n) is 9.21. The van der Waals surface area contributed by atoms with Gasteiger partial charge in [0.2, 0.25) is 0 Å². The summed E-state index contributed by atoms with van der Waals surface area (Å²) >= 11 is 12.1. The molecule has 8 heteroatoms. The van der Waals surface area contributed by atoms with Gasteiger partial charge >= 0.3 is 0 Å². The van der Waals surface area contributed by atoms with Crippen molar-refractivity contribution in [2.75, 3.05) is 6.54 Å². The Balaban J connectivity index is 0.00000320. The van der Waals surface area contributed by atoms with Crippen LogP contribution in [0.15, 0.2) is 53.3 Å². The summed E-state index contributed by atoms with van der Waals surface area (Å²) in [6.45, 7) is 4.97. The van der Waals surface area contributed by atoms with Gasteiger partial charge in [-0.2, -0.15) is 10.4 Å².